The van der Waals surface area contributed by atoms with E-state index in [4.69, 9.17) is 11.6 Å². The maximum Gasteiger partial charge on any atom is 0.127 e. The molecule has 0 aliphatic carbocycles. The summed E-state index contributed by atoms with van der Waals surface area (Å²) in [7, 11) is 0. The van der Waals surface area contributed by atoms with Gasteiger partial charge in [0.2, 0.25) is 0 Å². The average Bonchev–Trinajstić information content (AvgIpc) is 2.52. The van der Waals surface area contributed by atoms with E-state index in [1.807, 2.05) is 0 Å². The Hall–Kier alpha value is -0.350. The van der Waals surface area contributed by atoms with E-state index in [0.29, 0.717) is 17.1 Å². The fraction of sp³-hybridized carbons (Fsp3) is 0.500. The molecule has 0 bridgehead atoms. The number of nitrogens with zero attached hydrogens (tertiary/aromatic N) is 1. The van der Waals surface area contributed by atoms with Crippen LogP contribution >= 0.6 is 24.0 Å². The first-order chi connectivity index (χ1) is 7.75. The molecule has 1 fully saturated rings. The first-order valence-electron chi connectivity index (χ1n) is 5.63. The third kappa shape index (κ3) is 4.43. The first-order valence-corrected chi connectivity index (χ1v) is 6.00. The SMILES string of the molecule is Cl.Fc1ccc(Cl)cc1CN1CCCNCC1. The molecule has 2 nitrogen and oxygen atoms in total. The van der Waals surface area contributed by atoms with Crippen molar-refractivity contribution in [3.63, 3.8) is 0 Å². The lowest BCUT2D eigenvalue weighted by atomic mass is 10.2. The second kappa shape index (κ2) is 7.17. The van der Waals surface area contributed by atoms with Gasteiger partial charge in [-0.3, -0.25) is 4.90 Å². The molecule has 1 saturated heterocycles. The molecule has 1 aromatic rings. The maximum absolute atomic E-state index is 13.5. The summed E-state index contributed by atoms with van der Waals surface area (Å²) in [5, 5.41) is 3.93. The number of rotatable bonds is 2. The van der Waals surface area contributed by atoms with Gasteiger partial charge in [-0.2, -0.15) is 0 Å². The molecule has 1 N–H and O–H groups in total. The van der Waals surface area contributed by atoms with E-state index in [9.17, 15) is 4.39 Å². The quantitative estimate of drug-likeness (QED) is 0.895. The highest BCUT2D eigenvalue weighted by atomic mass is 35.5. The second-order valence-electron chi connectivity index (χ2n) is 4.12. The van der Waals surface area contributed by atoms with Gasteiger partial charge in [0.15, 0.2) is 0 Å². The van der Waals surface area contributed by atoms with Crippen molar-refractivity contribution < 1.29 is 4.39 Å². The summed E-state index contributed by atoms with van der Waals surface area (Å²) in [6, 6.07) is 4.74. The fourth-order valence-electron chi connectivity index (χ4n) is 1.97. The van der Waals surface area contributed by atoms with Crippen LogP contribution in [-0.4, -0.2) is 31.1 Å². The Labute approximate surface area is 113 Å². The van der Waals surface area contributed by atoms with Gasteiger partial charge in [0.25, 0.3) is 0 Å². The van der Waals surface area contributed by atoms with Crippen LogP contribution in [0.3, 0.4) is 0 Å². The molecule has 1 aliphatic rings. The molecule has 0 saturated carbocycles. The van der Waals surface area contributed by atoms with Crippen LogP contribution in [0.5, 0.6) is 0 Å². The number of hydrogen-bond donors (Lipinski definition) is 1. The van der Waals surface area contributed by atoms with Crippen LogP contribution in [0.25, 0.3) is 0 Å². The topological polar surface area (TPSA) is 15.3 Å². The van der Waals surface area contributed by atoms with Crippen molar-refractivity contribution in [1.29, 1.82) is 0 Å². The largest absolute Gasteiger partial charge is 0.315 e. The highest BCUT2D eigenvalue weighted by Crippen LogP contribution is 2.16. The molecular weight excluding hydrogens is 262 g/mol. The Morgan fingerprint density at radius 1 is 1.29 bits per heavy atom. The second-order valence-corrected chi connectivity index (χ2v) is 4.55. The molecular formula is C12H17Cl2FN2. The summed E-state index contributed by atoms with van der Waals surface area (Å²) in [5.74, 6) is -0.165. The summed E-state index contributed by atoms with van der Waals surface area (Å²) in [4.78, 5) is 2.26. The van der Waals surface area contributed by atoms with Crippen molar-refractivity contribution in [2.24, 2.45) is 0 Å². The lowest BCUT2D eigenvalue weighted by Gasteiger charge is -2.19. The third-order valence-electron chi connectivity index (χ3n) is 2.83. The molecule has 0 amide bonds. The summed E-state index contributed by atoms with van der Waals surface area (Å²) in [5.41, 5.74) is 0.689. The zero-order chi connectivity index (χ0) is 11.4. The third-order valence-corrected chi connectivity index (χ3v) is 3.07. The van der Waals surface area contributed by atoms with Gasteiger partial charge >= 0.3 is 0 Å². The predicted octanol–water partition coefficient (Wildman–Crippen LogP) is 2.70. The monoisotopic (exact) mass is 278 g/mol. The van der Waals surface area contributed by atoms with Crippen molar-refractivity contribution >= 4 is 24.0 Å². The molecule has 1 aliphatic heterocycles. The van der Waals surface area contributed by atoms with Gasteiger partial charge in [-0.15, -0.1) is 12.4 Å². The van der Waals surface area contributed by atoms with Gasteiger partial charge in [-0.25, -0.2) is 4.39 Å². The minimum atomic E-state index is -0.165. The molecule has 17 heavy (non-hydrogen) atoms. The highest BCUT2D eigenvalue weighted by Gasteiger charge is 2.11. The van der Waals surface area contributed by atoms with E-state index in [0.717, 1.165) is 32.6 Å². The molecule has 1 aromatic carbocycles. The van der Waals surface area contributed by atoms with Crippen LogP contribution in [0.1, 0.15) is 12.0 Å². The summed E-state index contributed by atoms with van der Waals surface area (Å²) < 4.78 is 13.5. The van der Waals surface area contributed by atoms with Crippen LogP contribution in [-0.2, 0) is 6.54 Å². The molecule has 1 heterocycles. The van der Waals surface area contributed by atoms with Gasteiger partial charge in [0.1, 0.15) is 5.82 Å². The van der Waals surface area contributed by atoms with Crippen LogP contribution in [0, 0.1) is 5.82 Å². The minimum absolute atomic E-state index is 0. The van der Waals surface area contributed by atoms with Gasteiger partial charge in [0, 0.05) is 30.2 Å². The van der Waals surface area contributed by atoms with E-state index in [1.165, 1.54) is 6.07 Å². The van der Waals surface area contributed by atoms with Gasteiger partial charge in [0.05, 0.1) is 0 Å². The smallest absolute Gasteiger partial charge is 0.127 e. The van der Waals surface area contributed by atoms with Crippen molar-refractivity contribution in [3.8, 4) is 0 Å². The Balaban J connectivity index is 0.00000144. The zero-order valence-corrected chi connectivity index (χ0v) is 11.2. The van der Waals surface area contributed by atoms with Crippen molar-refractivity contribution in [2.45, 2.75) is 13.0 Å². The maximum atomic E-state index is 13.5. The number of halogens is 3. The average molecular weight is 279 g/mol. The van der Waals surface area contributed by atoms with E-state index in [2.05, 4.69) is 10.2 Å². The van der Waals surface area contributed by atoms with E-state index in [-0.39, 0.29) is 18.2 Å². The number of benzene rings is 1. The standard InChI is InChI=1S/C12H16ClFN2.ClH/c13-11-2-3-12(14)10(8-11)9-16-6-1-4-15-5-7-16;/h2-3,8,15H,1,4-7,9H2;1H. The summed E-state index contributed by atoms with van der Waals surface area (Å²) in [6.07, 6.45) is 1.11. The Bertz CT molecular complexity index is 352. The van der Waals surface area contributed by atoms with Crippen LogP contribution in [0.15, 0.2) is 18.2 Å². The first kappa shape index (κ1) is 14.7. The fourth-order valence-corrected chi connectivity index (χ4v) is 2.16. The number of hydrogen-bond acceptors (Lipinski definition) is 2. The van der Waals surface area contributed by atoms with Crippen molar-refractivity contribution in [3.05, 3.63) is 34.6 Å². The minimum Gasteiger partial charge on any atom is -0.315 e. The highest BCUT2D eigenvalue weighted by molar-refractivity contribution is 6.30. The Morgan fingerprint density at radius 2 is 2.12 bits per heavy atom. The lowest BCUT2D eigenvalue weighted by molar-refractivity contribution is 0.280. The van der Waals surface area contributed by atoms with Crippen molar-refractivity contribution in [2.75, 3.05) is 26.2 Å². The Morgan fingerprint density at radius 3 is 2.94 bits per heavy atom. The zero-order valence-electron chi connectivity index (χ0n) is 9.59. The summed E-state index contributed by atoms with van der Waals surface area (Å²) in [6.45, 7) is 4.65. The molecule has 0 atom stereocenters. The van der Waals surface area contributed by atoms with E-state index >= 15 is 0 Å². The van der Waals surface area contributed by atoms with Crippen LogP contribution in [0.2, 0.25) is 5.02 Å². The normalized spacial score (nSPS) is 17.3. The predicted molar refractivity (Wildman–Crippen MR) is 71.4 cm³/mol. The molecule has 0 radical (unpaired) electrons. The molecule has 0 unspecified atom stereocenters. The van der Waals surface area contributed by atoms with E-state index < -0.39 is 0 Å². The van der Waals surface area contributed by atoms with Crippen LogP contribution in [0.4, 0.5) is 4.39 Å². The number of nitrogens with one attached hydrogen (secondary N) is 1. The van der Waals surface area contributed by atoms with Gasteiger partial charge in [-0.1, -0.05) is 11.6 Å². The van der Waals surface area contributed by atoms with Gasteiger partial charge < -0.3 is 5.32 Å². The molecule has 96 valence electrons. The van der Waals surface area contributed by atoms with E-state index in [1.54, 1.807) is 12.1 Å². The lowest BCUT2D eigenvalue weighted by Crippen LogP contribution is -2.28. The summed E-state index contributed by atoms with van der Waals surface area (Å²) >= 11 is 5.87. The van der Waals surface area contributed by atoms with Crippen LogP contribution < -0.4 is 5.32 Å². The molecule has 0 spiro atoms. The van der Waals surface area contributed by atoms with Crippen molar-refractivity contribution in [1.82, 2.24) is 10.2 Å². The Kier molecular flexibility index (Phi) is 6.20. The van der Waals surface area contributed by atoms with Gasteiger partial charge in [-0.05, 0) is 37.7 Å². The molecule has 0 aromatic heterocycles. The molecule has 5 heteroatoms. The molecule has 2 rings (SSSR count).